The second-order valence-corrected chi connectivity index (χ2v) is 4.52. The quantitative estimate of drug-likeness (QED) is 0.602. The largest absolute Gasteiger partial charge is 0.494 e. The molecule has 0 aliphatic carbocycles. The van der Waals surface area contributed by atoms with E-state index in [4.69, 9.17) is 10.5 Å². The number of primary amides is 1. The third-order valence-corrected chi connectivity index (χ3v) is 2.49. The van der Waals surface area contributed by atoms with E-state index in [0.717, 1.165) is 0 Å². The molecule has 0 aliphatic heterocycles. The average molecular weight is 267 g/mol. The number of benzene rings is 1. The zero-order valence-corrected chi connectivity index (χ0v) is 11.1. The number of ether oxygens (including phenoxy) is 1. The zero-order valence-electron chi connectivity index (χ0n) is 11.1. The molecular weight excluding hydrogens is 250 g/mol. The summed E-state index contributed by atoms with van der Waals surface area (Å²) < 4.78 is 5.25. The Morgan fingerprint density at radius 1 is 1.47 bits per heavy atom. The number of rotatable bonds is 6. The maximum Gasteiger partial charge on any atom is 0.275 e. The Balaban J connectivity index is 3.12. The van der Waals surface area contributed by atoms with Crippen molar-refractivity contribution in [1.29, 1.82) is 0 Å². The lowest BCUT2D eigenvalue weighted by molar-refractivity contribution is -0.384. The summed E-state index contributed by atoms with van der Waals surface area (Å²) >= 11 is 0. The minimum Gasteiger partial charge on any atom is -0.494 e. The molecule has 0 bridgehead atoms. The molecule has 0 aliphatic rings. The smallest absolute Gasteiger partial charge is 0.275 e. The van der Waals surface area contributed by atoms with Gasteiger partial charge in [0, 0.05) is 17.8 Å². The fourth-order valence-corrected chi connectivity index (χ4v) is 1.43. The summed E-state index contributed by atoms with van der Waals surface area (Å²) in [4.78, 5) is 21.6. The maximum atomic E-state index is 11.2. The molecule has 0 atom stereocenters. The monoisotopic (exact) mass is 267 g/mol. The Morgan fingerprint density at radius 2 is 2.11 bits per heavy atom. The molecule has 0 aromatic heterocycles. The van der Waals surface area contributed by atoms with Crippen LogP contribution in [-0.4, -0.2) is 23.0 Å². The van der Waals surface area contributed by atoms with Crippen LogP contribution in [0.3, 0.4) is 0 Å². The molecule has 7 heteroatoms. The molecular formula is C12H17N3O4. The lowest BCUT2D eigenvalue weighted by atomic mass is 10.0. The molecule has 0 heterocycles. The minimum absolute atomic E-state index is 0.117. The van der Waals surface area contributed by atoms with E-state index in [0.29, 0.717) is 18.0 Å². The molecule has 1 aromatic rings. The molecule has 0 saturated carbocycles. The molecule has 19 heavy (non-hydrogen) atoms. The fourth-order valence-electron chi connectivity index (χ4n) is 1.43. The van der Waals surface area contributed by atoms with E-state index in [1.54, 1.807) is 26.8 Å². The van der Waals surface area contributed by atoms with Crippen LogP contribution in [0.1, 0.15) is 20.8 Å². The van der Waals surface area contributed by atoms with Crippen molar-refractivity contribution in [3.05, 3.63) is 28.3 Å². The van der Waals surface area contributed by atoms with Gasteiger partial charge in [-0.25, -0.2) is 0 Å². The number of amides is 1. The zero-order chi connectivity index (χ0) is 14.6. The van der Waals surface area contributed by atoms with Crippen LogP contribution >= 0.6 is 0 Å². The van der Waals surface area contributed by atoms with Gasteiger partial charge >= 0.3 is 0 Å². The number of hydrogen-bond donors (Lipinski definition) is 2. The van der Waals surface area contributed by atoms with Crippen molar-refractivity contribution in [2.75, 3.05) is 11.9 Å². The summed E-state index contributed by atoms with van der Waals surface area (Å²) in [6.07, 6.45) is 0. The van der Waals surface area contributed by atoms with E-state index in [9.17, 15) is 14.9 Å². The third kappa shape index (κ3) is 3.84. The highest BCUT2D eigenvalue weighted by atomic mass is 16.6. The van der Waals surface area contributed by atoms with Crippen LogP contribution in [0.4, 0.5) is 11.4 Å². The van der Waals surface area contributed by atoms with Gasteiger partial charge in [0.15, 0.2) is 0 Å². The van der Waals surface area contributed by atoms with Gasteiger partial charge in [0.2, 0.25) is 5.91 Å². The van der Waals surface area contributed by atoms with Crippen LogP contribution in [0.5, 0.6) is 5.75 Å². The third-order valence-electron chi connectivity index (χ3n) is 2.49. The van der Waals surface area contributed by atoms with Gasteiger partial charge in [0.25, 0.3) is 5.69 Å². The Labute approximate surface area is 110 Å². The molecule has 1 aromatic carbocycles. The first-order chi connectivity index (χ1) is 8.76. The van der Waals surface area contributed by atoms with Crippen LogP contribution in [0, 0.1) is 10.1 Å². The van der Waals surface area contributed by atoms with Crippen molar-refractivity contribution in [2.45, 2.75) is 26.3 Å². The average Bonchev–Trinajstić information content (AvgIpc) is 2.28. The Kier molecular flexibility index (Phi) is 4.31. The van der Waals surface area contributed by atoms with Gasteiger partial charge in [-0.15, -0.1) is 0 Å². The predicted octanol–water partition coefficient (Wildman–Crippen LogP) is 1.67. The summed E-state index contributed by atoms with van der Waals surface area (Å²) in [6.45, 7) is 5.35. The number of nitrogens with two attached hydrogens (primary N) is 1. The van der Waals surface area contributed by atoms with E-state index in [1.165, 1.54) is 12.1 Å². The van der Waals surface area contributed by atoms with Gasteiger partial charge in [-0.2, -0.15) is 0 Å². The van der Waals surface area contributed by atoms with Gasteiger partial charge in [-0.05, 0) is 20.8 Å². The number of carbonyl (C=O) groups excluding carboxylic acids is 1. The molecule has 104 valence electrons. The second kappa shape index (κ2) is 5.55. The molecule has 0 unspecified atom stereocenters. The van der Waals surface area contributed by atoms with E-state index in [-0.39, 0.29) is 5.69 Å². The van der Waals surface area contributed by atoms with Crippen molar-refractivity contribution >= 4 is 17.3 Å². The van der Waals surface area contributed by atoms with Crippen LogP contribution in [0.2, 0.25) is 0 Å². The number of nitrogens with one attached hydrogen (secondary N) is 1. The van der Waals surface area contributed by atoms with Gasteiger partial charge in [-0.3, -0.25) is 14.9 Å². The van der Waals surface area contributed by atoms with E-state index in [2.05, 4.69) is 5.32 Å². The van der Waals surface area contributed by atoms with Crippen LogP contribution in [-0.2, 0) is 4.79 Å². The van der Waals surface area contributed by atoms with Crippen LogP contribution in [0.25, 0.3) is 0 Å². The first kappa shape index (κ1) is 14.7. The van der Waals surface area contributed by atoms with E-state index >= 15 is 0 Å². The Bertz CT molecular complexity index is 500. The van der Waals surface area contributed by atoms with Crippen LogP contribution < -0.4 is 15.8 Å². The molecule has 0 fully saturated rings. The lowest BCUT2D eigenvalue weighted by Gasteiger charge is -2.23. The molecule has 0 saturated heterocycles. The number of non-ortho nitro benzene ring substituents is 1. The van der Waals surface area contributed by atoms with Crippen molar-refractivity contribution in [3.8, 4) is 5.75 Å². The number of hydrogen-bond acceptors (Lipinski definition) is 5. The van der Waals surface area contributed by atoms with Crippen molar-refractivity contribution < 1.29 is 14.5 Å². The summed E-state index contributed by atoms with van der Waals surface area (Å²) in [7, 11) is 0. The summed E-state index contributed by atoms with van der Waals surface area (Å²) in [5.74, 6) is -0.198. The van der Waals surface area contributed by atoms with Gasteiger partial charge in [-0.1, -0.05) is 0 Å². The first-order valence-corrected chi connectivity index (χ1v) is 5.76. The van der Waals surface area contributed by atoms with Crippen molar-refractivity contribution in [1.82, 2.24) is 0 Å². The summed E-state index contributed by atoms with van der Waals surface area (Å²) in [5, 5.41) is 13.7. The van der Waals surface area contributed by atoms with Crippen molar-refractivity contribution in [3.63, 3.8) is 0 Å². The van der Waals surface area contributed by atoms with Crippen LogP contribution in [0.15, 0.2) is 18.2 Å². The number of nitrogens with zero attached hydrogens (tertiary/aromatic N) is 1. The number of nitro groups is 1. The molecule has 1 amide bonds. The molecule has 0 radical (unpaired) electrons. The highest BCUT2D eigenvalue weighted by molar-refractivity contribution is 5.87. The fraction of sp³-hybridized carbons (Fsp3) is 0.417. The normalized spacial score (nSPS) is 10.9. The number of nitro benzene ring substituents is 1. The van der Waals surface area contributed by atoms with Crippen molar-refractivity contribution in [2.24, 2.45) is 5.73 Å². The van der Waals surface area contributed by atoms with Gasteiger partial charge in [0.1, 0.15) is 11.3 Å². The SMILES string of the molecule is CCOc1cc(NC(C)(C)C(N)=O)cc([N+](=O)[O-])c1. The van der Waals surface area contributed by atoms with Gasteiger partial charge in [0.05, 0.1) is 17.6 Å². The maximum absolute atomic E-state index is 11.2. The molecule has 0 spiro atoms. The van der Waals surface area contributed by atoms with Gasteiger partial charge < -0.3 is 15.8 Å². The lowest BCUT2D eigenvalue weighted by Crippen LogP contribution is -2.45. The second-order valence-electron chi connectivity index (χ2n) is 4.52. The first-order valence-electron chi connectivity index (χ1n) is 5.76. The predicted molar refractivity (Wildman–Crippen MR) is 71.2 cm³/mol. The number of anilines is 1. The molecule has 1 rings (SSSR count). The summed E-state index contributed by atoms with van der Waals surface area (Å²) in [6, 6.07) is 4.24. The highest BCUT2D eigenvalue weighted by Crippen LogP contribution is 2.27. The highest BCUT2D eigenvalue weighted by Gasteiger charge is 2.25. The standard InChI is InChI=1S/C12H17N3O4/c1-4-19-10-6-8(5-9(7-10)15(17)18)14-12(2,3)11(13)16/h5-7,14H,4H2,1-3H3,(H2,13,16). The molecule has 7 nitrogen and oxygen atoms in total. The van der Waals surface area contributed by atoms with E-state index < -0.39 is 16.4 Å². The Morgan fingerprint density at radius 3 is 2.58 bits per heavy atom. The molecule has 3 N–H and O–H groups in total. The van der Waals surface area contributed by atoms with E-state index in [1.807, 2.05) is 0 Å². The summed E-state index contributed by atoms with van der Waals surface area (Å²) in [5.41, 5.74) is 4.52. The topological polar surface area (TPSA) is 107 Å². The number of carbonyl (C=O) groups is 1. The Hall–Kier alpha value is -2.31. The minimum atomic E-state index is -1.02.